The predicted octanol–water partition coefficient (Wildman–Crippen LogP) is 5.61. The largest absolute Gasteiger partial charge is 0.357 e. The van der Waals surface area contributed by atoms with Gasteiger partial charge in [-0.25, -0.2) is 0 Å². The van der Waals surface area contributed by atoms with Crippen LogP contribution >= 0.6 is 0 Å². The van der Waals surface area contributed by atoms with Crippen LogP contribution in [0.3, 0.4) is 0 Å². The zero-order valence-electron chi connectivity index (χ0n) is 17.4. The summed E-state index contributed by atoms with van der Waals surface area (Å²) in [7, 11) is 2.02. The van der Waals surface area contributed by atoms with E-state index in [4.69, 9.17) is 0 Å². The van der Waals surface area contributed by atoms with Gasteiger partial charge in [-0.05, 0) is 62.4 Å². The average molecular weight is 385 g/mol. The molecule has 4 nitrogen and oxygen atoms in total. The van der Waals surface area contributed by atoms with E-state index in [1.165, 1.54) is 51.8 Å². The smallest absolute Gasteiger partial charge is 0.0681 e. The van der Waals surface area contributed by atoms with Crippen molar-refractivity contribution in [1.29, 1.82) is 0 Å². The van der Waals surface area contributed by atoms with Crippen LogP contribution in [0.2, 0.25) is 0 Å². The lowest BCUT2D eigenvalue weighted by Gasteiger charge is -2.27. The Morgan fingerprint density at radius 1 is 1.14 bits per heavy atom. The minimum absolute atomic E-state index is 0.326. The third-order valence-corrected chi connectivity index (χ3v) is 6.26. The molecule has 0 saturated heterocycles. The van der Waals surface area contributed by atoms with Crippen molar-refractivity contribution in [3.05, 3.63) is 77.1 Å². The molecule has 2 heterocycles. The highest BCUT2D eigenvalue weighted by atomic mass is 15.3. The predicted molar refractivity (Wildman–Crippen MR) is 119 cm³/mol. The lowest BCUT2D eigenvalue weighted by atomic mass is 9.90. The van der Waals surface area contributed by atoms with Crippen molar-refractivity contribution >= 4 is 10.9 Å². The quantitative estimate of drug-likeness (QED) is 0.481. The van der Waals surface area contributed by atoms with Crippen molar-refractivity contribution in [1.82, 2.24) is 20.1 Å². The van der Waals surface area contributed by atoms with Gasteiger partial charge in [-0.2, -0.15) is 5.10 Å². The molecule has 1 aliphatic rings. The fourth-order valence-corrected chi connectivity index (χ4v) is 4.81. The summed E-state index contributed by atoms with van der Waals surface area (Å²) in [5, 5.41) is 9.74. The number of benzene rings is 2. The molecule has 0 spiro atoms. The normalized spacial score (nSPS) is 17.4. The molecule has 29 heavy (non-hydrogen) atoms. The Labute approximate surface area is 172 Å². The third kappa shape index (κ3) is 3.28. The van der Waals surface area contributed by atoms with E-state index in [2.05, 4.69) is 76.9 Å². The number of H-pyrrole nitrogens is 1. The molecule has 2 N–H and O–H groups in total. The van der Waals surface area contributed by atoms with Crippen LogP contribution in [-0.2, 0) is 13.5 Å². The van der Waals surface area contributed by atoms with Crippen LogP contribution in [0.15, 0.2) is 54.6 Å². The van der Waals surface area contributed by atoms with Gasteiger partial charge in [-0.15, -0.1) is 0 Å². The van der Waals surface area contributed by atoms with Crippen LogP contribution in [0.4, 0.5) is 0 Å². The maximum absolute atomic E-state index is 4.52. The fourth-order valence-electron chi connectivity index (χ4n) is 4.81. The maximum Gasteiger partial charge on any atom is 0.0681 e. The Bertz CT molecular complexity index is 1150. The summed E-state index contributed by atoms with van der Waals surface area (Å²) in [6.07, 6.45) is 3.53. The van der Waals surface area contributed by atoms with Crippen LogP contribution in [0, 0.1) is 6.92 Å². The number of hydrogen-bond donors (Lipinski definition) is 2. The molecule has 2 aromatic carbocycles. The molecule has 4 heteroatoms. The van der Waals surface area contributed by atoms with Gasteiger partial charge in [-0.1, -0.05) is 36.4 Å². The topological polar surface area (TPSA) is 45.6 Å². The molecule has 4 aromatic rings. The molecule has 0 radical (unpaired) electrons. The number of nitrogens with one attached hydrogen (secondary N) is 2. The number of aromatic amines is 1. The standard InChI is InChI=1S/C25H28N4/c1-16-14-24(29(3)28-16)19-12-13-22-21(15-19)20-10-7-11-23(25(20)27-22)26-17(2)18-8-5-4-6-9-18/h4-6,8-9,12-15,17,23,26-27H,7,10-11H2,1-3H3/t17-,23-/m1/s1. The molecule has 148 valence electrons. The van der Waals surface area contributed by atoms with Gasteiger partial charge < -0.3 is 10.3 Å². The third-order valence-electron chi connectivity index (χ3n) is 6.26. The van der Waals surface area contributed by atoms with E-state index >= 15 is 0 Å². The molecule has 2 aromatic heterocycles. The minimum atomic E-state index is 0.326. The van der Waals surface area contributed by atoms with Gasteiger partial charge >= 0.3 is 0 Å². The number of aromatic nitrogens is 3. The number of fused-ring (bicyclic) bond motifs is 3. The molecule has 0 amide bonds. The zero-order chi connectivity index (χ0) is 20.0. The highest BCUT2D eigenvalue weighted by Crippen LogP contribution is 2.37. The van der Waals surface area contributed by atoms with Crippen molar-refractivity contribution in [3.8, 4) is 11.3 Å². The van der Waals surface area contributed by atoms with Gasteiger partial charge in [0.05, 0.1) is 11.4 Å². The second-order valence-corrected chi connectivity index (χ2v) is 8.32. The highest BCUT2D eigenvalue weighted by molar-refractivity contribution is 5.89. The summed E-state index contributed by atoms with van der Waals surface area (Å²) >= 11 is 0. The summed E-state index contributed by atoms with van der Waals surface area (Å²) in [5.41, 5.74) is 8.87. The molecule has 5 rings (SSSR count). The molecule has 1 aliphatic carbocycles. The first-order valence-corrected chi connectivity index (χ1v) is 10.6. The summed E-state index contributed by atoms with van der Waals surface area (Å²) in [6, 6.07) is 20.3. The number of hydrogen-bond acceptors (Lipinski definition) is 2. The second kappa shape index (κ2) is 7.20. The molecular formula is C25H28N4. The molecule has 0 aliphatic heterocycles. The Morgan fingerprint density at radius 3 is 2.72 bits per heavy atom. The monoisotopic (exact) mass is 384 g/mol. The van der Waals surface area contributed by atoms with Crippen molar-refractivity contribution in [2.24, 2.45) is 7.05 Å². The molecular weight excluding hydrogens is 356 g/mol. The zero-order valence-corrected chi connectivity index (χ0v) is 17.4. The average Bonchev–Trinajstić information content (AvgIpc) is 3.28. The Balaban J connectivity index is 1.50. The van der Waals surface area contributed by atoms with Gasteiger partial charge in [-0.3, -0.25) is 4.68 Å². The van der Waals surface area contributed by atoms with E-state index < -0.39 is 0 Å². The fraction of sp³-hybridized carbons (Fsp3) is 0.320. The van der Waals surface area contributed by atoms with E-state index in [1.54, 1.807) is 0 Å². The van der Waals surface area contributed by atoms with E-state index in [-0.39, 0.29) is 0 Å². The van der Waals surface area contributed by atoms with Gasteiger partial charge in [0.15, 0.2) is 0 Å². The summed E-state index contributed by atoms with van der Waals surface area (Å²) < 4.78 is 1.97. The Morgan fingerprint density at radius 2 is 1.97 bits per heavy atom. The summed E-state index contributed by atoms with van der Waals surface area (Å²) in [5.74, 6) is 0. The molecule has 0 unspecified atom stereocenters. The second-order valence-electron chi connectivity index (χ2n) is 8.32. The van der Waals surface area contributed by atoms with Crippen molar-refractivity contribution in [2.45, 2.75) is 45.2 Å². The van der Waals surface area contributed by atoms with Crippen molar-refractivity contribution in [3.63, 3.8) is 0 Å². The molecule has 0 bridgehead atoms. The van der Waals surface area contributed by atoms with Crippen molar-refractivity contribution in [2.75, 3.05) is 0 Å². The van der Waals surface area contributed by atoms with Gasteiger partial charge in [0.2, 0.25) is 0 Å². The first-order chi connectivity index (χ1) is 14.1. The number of aryl methyl sites for hydroxylation is 3. The highest BCUT2D eigenvalue weighted by Gasteiger charge is 2.26. The van der Waals surface area contributed by atoms with E-state index in [9.17, 15) is 0 Å². The lowest BCUT2D eigenvalue weighted by molar-refractivity contribution is 0.410. The lowest BCUT2D eigenvalue weighted by Crippen LogP contribution is -2.27. The van der Waals surface area contributed by atoms with E-state index in [0.717, 1.165) is 12.1 Å². The molecule has 0 fully saturated rings. The molecule has 2 atom stereocenters. The molecule has 0 saturated carbocycles. The van der Waals surface area contributed by atoms with Crippen LogP contribution < -0.4 is 5.32 Å². The van der Waals surface area contributed by atoms with Gasteiger partial charge in [0, 0.05) is 41.3 Å². The van der Waals surface area contributed by atoms with Crippen molar-refractivity contribution < 1.29 is 0 Å². The SMILES string of the molecule is Cc1cc(-c2ccc3[nH]c4c(c3c2)CCC[C@H]4N[C@H](C)c2ccccc2)n(C)n1. The van der Waals surface area contributed by atoms with Crippen LogP contribution in [0.25, 0.3) is 22.2 Å². The first-order valence-electron chi connectivity index (χ1n) is 10.6. The minimum Gasteiger partial charge on any atom is -0.357 e. The van der Waals surface area contributed by atoms with Crippen LogP contribution in [0.1, 0.15) is 54.4 Å². The number of nitrogens with zero attached hydrogens (tertiary/aromatic N) is 2. The van der Waals surface area contributed by atoms with Crippen LogP contribution in [0.5, 0.6) is 0 Å². The van der Waals surface area contributed by atoms with E-state index in [1.807, 2.05) is 18.7 Å². The Kier molecular flexibility index (Phi) is 4.51. The summed E-state index contributed by atoms with van der Waals surface area (Å²) in [6.45, 7) is 4.31. The first kappa shape index (κ1) is 18.2. The van der Waals surface area contributed by atoms with E-state index in [0.29, 0.717) is 12.1 Å². The van der Waals surface area contributed by atoms with Crippen LogP contribution in [-0.4, -0.2) is 14.8 Å². The Hall–Kier alpha value is -2.85. The van der Waals surface area contributed by atoms with Gasteiger partial charge in [0.1, 0.15) is 0 Å². The maximum atomic E-state index is 4.52. The summed E-state index contributed by atoms with van der Waals surface area (Å²) in [4.78, 5) is 3.74. The van der Waals surface area contributed by atoms with Gasteiger partial charge in [0.25, 0.3) is 0 Å². The number of rotatable bonds is 4.